The number of phenols is 1. The molecule has 4 heteroatoms. The molecule has 78 valence electrons. The summed E-state index contributed by atoms with van der Waals surface area (Å²) in [7, 11) is 1.48. The first-order valence-corrected chi connectivity index (χ1v) is 4.95. The fourth-order valence-corrected chi connectivity index (χ4v) is 2.00. The molecule has 0 unspecified atom stereocenters. The summed E-state index contributed by atoms with van der Waals surface area (Å²) < 4.78 is 5.39. The number of halogens is 1. The van der Waals surface area contributed by atoms with Crippen LogP contribution in [0.2, 0.25) is 0 Å². The minimum atomic E-state index is -0.997. The Bertz CT molecular complexity index is 342. The van der Waals surface area contributed by atoms with Gasteiger partial charge in [-0.05, 0) is 35.8 Å². The molecule has 0 aliphatic rings. The molecule has 0 radical (unpaired) electrons. The van der Waals surface area contributed by atoms with E-state index in [1.54, 1.807) is 26.0 Å². The highest BCUT2D eigenvalue weighted by Crippen LogP contribution is 2.40. The number of hydrogen-bond donors (Lipinski definition) is 2. The minimum Gasteiger partial charge on any atom is -0.503 e. The topological polar surface area (TPSA) is 49.7 Å². The second kappa shape index (κ2) is 3.79. The Hall–Kier alpha value is -0.740. The number of aliphatic hydroxyl groups is 1. The SMILES string of the molecule is COc1ccc(C(C)(C)O)c(Br)c1O. The van der Waals surface area contributed by atoms with Crippen LogP contribution < -0.4 is 4.74 Å². The van der Waals surface area contributed by atoms with Crippen molar-refractivity contribution in [2.24, 2.45) is 0 Å². The molecule has 2 N–H and O–H groups in total. The van der Waals surface area contributed by atoms with E-state index in [1.807, 2.05) is 0 Å². The highest BCUT2D eigenvalue weighted by atomic mass is 79.9. The van der Waals surface area contributed by atoms with Gasteiger partial charge < -0.3 is 14.9 Å². The highest BCUT2D eigenvalue weighted by molar-refractivity contribution is 9.10. The predicted octanol–water partition coefficient (Wildman–Crippen LogP) is 2.39. The molecule has 1 aromatic carbocycles. The Morgan fingerprint density at radius 2 is 1.93 bits per heavy atom. The summed E-state index contributed by atoms with van der Waals surface area (Å²) in [5, 5.41) is 19.4. The maximum Gasteiger partial charge on any atom is 0.172 e. The maximum absolute atomic E-state index is 9.78. The van der Waals surface area contributed by atoms with E-state index < -0.39 is 5.60 Å². The van der Waals surface area contributed by atoms with Gasteiger partial charge in [-0.25, -0.2) is 0 Å². The van der Waals surface area contributed by atoms with Crippen molar-refractivity contribution in [1.82, 2.24) is 0 Å². The lowest BCUT2D eigenvalue weighted by atomic mass is 9.98. The van der Waals surface area contributed by atoms with E-state index in [2.05, 4.69) is 15.9 Å². The second-order valence-electron chi connectivity index (χ2n) is 3.54. The summed E-state index contributed by atoms with van der Waals surface area (Å²) in [4.78, 5) is 0. The van der Waals surface area contributed by atoms with Crippen LogP contribution in [-0.4, -0.2) is 17.3 Å². The number of hydrogen-bond acceptors (Lipinski definition) is 3. The third-order valence-electron chi connectivity index (χ3n) is 1.96. The van der Waals surface area contributed by atoms with Gasteiger partial charge in [-0.15, -0.1) is 0 Å². The number of aromatic hydroxyl groups is 1. The predicted molar refractivity (Wildman–Crippen MR) is 57.6 cm³/mol. The lowest BCUT2D eigenvalue weighted by Crippen LogP contribution is -2.16. The number of ether oxygens (including phenoxy) is 1. The van der Waals surface area contributed by atoms with Crippen molar-refractivity contribution in [2.45, 2.75) is 19.4 Å². The molecule has 0 bridgehead atoms. The minimum absolute atomic E-state index is 0.00660. The molecule has 0 saturated carbocycles. The van der Waals surface area contributed by atoms with Crippen LogP contribution in [-0.2, 0) is 5.60 Å². The average molecular weight is 261 g/mol. The fraction of sp³-hybridized carbons (Fsp3) is 0.400. The fourth-order valence-electron chi connectivity index (χ4n) is 1.18. The van der Waals surface area contributed by atoms with Gasteiger partial charge in [0.1, 0.15) is 0 Å². The summed E-state index contributed by atoms with van der Waals surface area (Å²) in [6.45, 7) is 3.30. The van der Waals surface area contributed by atoms with Crippen LogP contribution >= 0.6 is 15.9 Å². The van der Waals surface area contributed by atoms with Crippen LogP contribution in [0.3, 0.4) is 0 Å². The van der Waals surface area contributed by atoms with Crippen LogP contribution in [0, 0.1) is 0 Å². The van der Waals surface area contributed by atoms with Crippen molar-refractivity contribution < 1.29 is 14.9 Å². The van der Waals surface area contributed by atoms with E-state index in [1.165, 1.54) is 7.11 Å². The second-order valence-corrected chi connectivity index (χ2v) is 4.33. The van der Waals surface area contributed by atoms with Gasteiger partial charge >= 0.3 is 0 Å². The molecule has 1 aromatic rings. The summed E-state index contributed by atoms with van der Waals surface area (Å²) in [5.41, 5.74) is -0.376. The monoisotopic (exact) mass is 260 g/mol. The lowest BCUT2D eigenvalue weighted by Gasteiger charge is -2.20. The zero-order valence-electron chi connectivity index (χ0n) is 8.34. The van der Waals surface area contributed by atoms with Crippen molar-refractivity contribution in [2.75, 3.05) is 7.11 Å². The van der Waals surface area contributed by atoms with Gasteiger partial charge in [0.15, 0.2) is 11.5 Å². The number of phenolic OH excluding ortho intramolecular Hbond substituents is 1. The molecule has 0 fully saturated rings. The molecular weight excluding hydrogens is 248 g/mol. The van der Waals surface area contributed by atoms with Crippen molar-refractivity contribution in [3.8, 4) is 11.5 Å². The zero-order chi connectivity index (χ0) is 10.9. The van der Waals surface area contributed by atoms with Crippen LogP contribution in [0.1, 0.15) is 19.4 Å². The molecule has 0 aromatic heterocycles. The zero-order valence-corrected chi connectivity index (χ0v) is 9.92. The molecule has 3 nitrogen and oxygen atoms in total. The van der Waals surface area contributed by atoms with Gasteiger partial charge in [-0.3, -0.25) is 0 Å². The van der Waals surface area contributed by atoms with Crippen LogP contribution in [0.5, 0.6) is 11.5 Å². The Kier molecular flexibility index (Phi) is 3.07. The Balaban J connectivity index is 3.31. The van der Waals surface area contributed by atoms with E-state index >= 15 is 0 Å². The average Bonchev–Trinajstić information content (AvgIpc) is 2.07. The molecule has 0 heterocycles. The maximum atomic E-state index is 9.78. The molecule has 0 aliphatic carbocycles. The lowest BCUT2D eigenvalue weighted by molar-refractivity contribution is 0.0774. The molecule has 14 heavy (non-hydrogen) atoms. The van der Waals surface area contributed by atoms with Crippen molar-refractivity contribution in [3.63, 3.8) is 0 Å². The Labute approximate surface area is 91.5 Å². The van der Waals surface area contributed by atoms with Crippen molar-refractivity contribution in [1.29, 1.82) is 0 Å². The van der Waals surface area contributed by atoms with Crippen LogP contribution in [0.4, 0.5) is 0 Å². The van der Waals surface area contributed by atoms with Gasteiger partial charge in [0.25, 0.3) is 0 Å². The van der Waals surface area contributed by atoms with E-state index in [-0.39, 0.29) is 5.75 Å². The van der Waals surface area contributed by atoms with Crippen molar-refractivity contribution >= 4 is 15.9 Å². The molecule has 0 saturated heterocycles. The summed E-state index contributed by atoms with van der Waals surface area (Å²) in [6.07, 6.45) is 0. The van der Waals surface area contributed by atoms with Gasteiger partial charge in [0.2, 0.25) is 0 Å². The first-order chi connectivity index (χ1) is 6.38. The first kappa shape index (κ1) is 11.3. The summed E-state index contributed by atoms with van der Waals surface area (Å²) in [5.74, 6) is 0.386. The molecule has 0 spiro atoms. The molecular formula is C10H13BrO3. The first-order valence-electron chi connectivity index (χ1n) is 4.16. The molecule has 0 amide bonds. The van der Waals surface area contributed by atoms with Gasteiger partial charge in [0, 0.05) is 5.56 Å². The standard InChI is InChI=1S/C10H13BrO3/c1-10(2,13)6-4-5-7(14-3)9(12)8(6)11/h4-5,12-13H,1-3H3. The van der Waals surface area contributed by atoms with E-state index in [0.29, 0.717) is 15.8 Å². The largest absolute Gasteiger partial charge is 0.503 e. The van der Waals surface area contributed by atoms with E-state index in [4.69, 9.17) is 4.74 Å². The van der Waals surface area contributed by atoms with Gasteiger partial charge in [-0.2, -0.15) is 0 Å². The third kappa shape index (κ3) is 2.01. The third-order valence-corrected chi connectivity index (χ3v) is 2.76. The molecule has 0 atom stereocenters. The van der Waals surface area contributed by atoms with Crippen LogP contribution in [0.15, 0.2) is 16.6 Å². The number of rotatable bonds is 2. The Morgan fingerprint density at radius 3 is 2.36 bits per heavy atom. The Morgan fingerprint density at radius 1 is 1.36 bits per heavy atom. The highest BCUT2D eigenvalue weighted by Gasteiger charge is 2.22. The summed E-state index contributed by atoms with van der Waals surface area (Å²) in [6, 6.07) is 3.33. The molecule has 0 aliphatic heterocycles. The van der Waals surface area contributed by atoms with E-state index in [0.717, 1.165) is 0 Å². The smallest absolute Gasteiger partial charge is 0.172 e. The van der Waals surface area contributed by atoms with E-state index in [9.17, 15) is 10.2 Å². The number of benzene rings is 1. The number of methoxy groups -OCH3 is 1. The quantitative estimate of drug-likeness (QED) is 0.859. The van der Waals surface area contributed by atoms with Gasteiger partial charge in [0.05, 0.1) is 17.2 Å². The van der Waals surface area contributed by atoms with Gasteiger partial charge in [-0.1, -0.05) is 6.07 Å². The normalized spacial score (nSPS) is 11.5. The van der Waals surface area contributed by atoms with Crippen LogP contribution in [0.25, 0.3) is 0 Å². The summed E-state index contributed by atoms with van der Waals surface area (Å²) >= 11 is 3.22. The van der Waals surface area contributed by atoms with Crippen molar-refractivity contribution in [3.05, 3.63) is 22.2 Å². The molecule has 1 rings (SSSR count).